The number of hydrogen-bond acceptors (Lipinski definition) is 4. The number of hydrogen-bond donors (Lipinski definition) is 2. The summed E-state index contributed by atoms with van der Waals surface area (Å²) in [6.07, 6.45) is 2.55. The third-order valence-corrected chi connectivity index (χ3v) is 5.54. The van der Waals surface area contributed by atoms with Crippen LogP contribution in [0.4, 0.5) is 5.13 Å². The van der Waals surface area contributed by atoms with Crippen molar-refractivity contribution in [3.05, 3.63) is 82.4 Å². The minimum atomic E-state index is -0.649. The quantitative estimate of drug-likeness (QED) is 0.608. The van der Waals surface area contributed by atoms with Crippen molar-refractivity contribution >= 4 is 28.3 Å². The highest BCUT2D eigenvalue weighted by atomic mass is 32.1. The Hall–Kier alpha value is -2.99. The molecule has 1 unspecified atom stereocenters. The number of nitrogens with zero attached hydrogens (tertiary/aromatic N) is 1. The molecule has 0 saturated carbocycles. The molecule has 5 nitrogen and oxygen atoms in total. The lowest BCUT2D eigenvalue weighted by Crippen LogP contribution is -2.47. The van der Waals surface area contributed by atoms with E-state index >= 15 is 0 Å². The molecule has 0 aliphatic carbocycles. The highest BCUT2D eigenvalue weighted by Crippen LogP contribution is 2.22. The van der Waals surface area contributed by atoms with Gasteiger partial charge in [0.05, 0.1) is 0 Å². The van der Waals surface area contributed by atoms with Crippen LogP contribution in [0.15, 0.2) is 60.8 Å². The van der Waals surface area contributed by atoms with Crippen LogP contribution in [0.3, 0.4) is 0 Å². The topological polar surface area (TPSA) is 71.1 Å². The Morgan fingerprint density at radius 3 is 2.41 bits per heavy atom. The van der Waals surface area contributed by atoms with Crippen LogP contribution in [-0.2, 0) is 11.2 Å². The molecule has 3 rings (SSSR count). The second kappa shape index (κ2) is 9.47. The lowest BCUT2D eigenvalue weighted by Gasteiger charge is -2.21. The van der Waals surface area contributed by atoms with Gasteiger partial charge < -0.3 is 10.6 Å². The van der Waals surface area contributed by atoms with E-state index in [1.54, 1.807) is 12.3 Å². The fourth-order valence-electron chi connectivity index (χ4n) is 3.01. The van der Waals surface area contributed by atoms with Crippen molar-refractivity contribution in [2.45, 2.75) is 33.2 Å². The average Bonchev–Trinajstić information content (AvgIpc) is 3.13. The van der Waals surface area contributed by atoms with Gasteiger partial charge in [0.15, 0.2) is 5.13 Å². The number of aryl methyl sites for hydroxylation is 1. The number of rotatable bonds is 7. The SMILES string of the molecule is Cc1ccccc1C(=O)NC(C(=O)Nc1ncc(Cc2ccccc2)s1)C(C)C. The summed E-state index contributed by atoms with van der Waals surface area (Å²) in [5.74, 6) is -0.574. The first kappa shape index (κ1) is 20.7. The molecule has 0 aliphatic rings. The number of carbonyl (C=O) groups is 2. The molecule has 0 aliphatic heterocycles. The summed E-state index contributed by atoms with van der Waals surface area (Å²) >= 11 is 1.45. The molecule has 3 aromatic rings. The number of benzene rings is 2. The van der Waals surface area contributed by atoms with Gasteiger partial charge in [0.2, 0.25) is 5.91 Å². The number of anilines is 1. The Bertz CT molecular complexity index is 983. The van der Waals surface area contributed by atoms with Crippen LogP contribution in [0.5, 0.6) is 0 Å². The second-order valence-corrected chi connectivity index (χ2v) is 8.41. The summed E-state index contributed by atoms with van der Waals surface area (Å²) in [5, 5.41) is 6.26. The summed E-state index contributed by atoms with van der Waals surface area (Å²) in [6, 6.07) is 16.8. The van der Waals surface area contributed by atoms with Crippen LogP contribution in [0.25, 0.3) is 0 Å². The molecule has 29 heavy (non-hydrogen) atoms. The molecule has 0 spiro atoms. The summed E-state index contributed by atoms with van der Waals surface area (Å²) in [5.41, 5.74) is 2.64. The van der Waals surface area contributed by atoms with Crippen molar-refractivity contribution in [3.8, 4) is 0 Å². The van der Waals surface area contributed by atoms with Gasteiger partial charge in [0, 0.05) is 23.1 Å². The van der Waals surface area contributed by atoms with E-state index in [9.17, 15) is 9.59 Å². The first-order valence-corrected chi connectivity index (χ1v) is 10.4. The van der Waals surface area contributed by atoms with Crippen LogP contribution < -0.4 is 10.6 Å². The molecule has 1 aromatic heterocycles. The van der Waals surface area contributed by atoms with Gasteiger partial charge in [-0.05, 0) is 30.0 Å². The largest absolute Gasteiger partial charge is 0.340 e. The smallest absolute Gasteiger partial charge is 0.252 e. The molecule has 1 atom stereocenters. The number of thiazole rings is 1. The fraction of sp³-hybridized carbons (Fsp3) is 0.261. The first-order valence-electron chi connectivity index (χ1n) is 9.60. The fourth-order valence-corrected chi connectivity index (χ4v) is 3.86. The zero-order chi connectivity index (χ0) is 20.8. The summed E-state index contributed by atoms with van der Waals surface area (Å²) in [6.45, 7) is 5.69. The third-order valence-electron chi connectivity index (χ3n) is 4.63. The second-order valence-electron chi connectivity index (χ2n) is 7.29. The average molecular weight is 408 g/mol. The van der Waals surface area contributed by atoms with Crippen molar-refractivity contribution < 1.29 is 9.59 Å². The van der Waals surface area contributed by atoms with Crippen molar-refractivity contribution in [2.24, 2.45) is 5.92 Å². The Kier molecular flexibility index (Phi) is 6.77. The summed E-state index contributed by atoms with van der Waals surface area (Å²) < 4.78 is 0. The van der Waals surface area contributed by atoms with Gasteiger partial charge in [-0.15, -0.1) is 11.3 Å². The number of carbonyl (C=O) groups excluding carboxylic acids is 2. The zero-order valence-corrected chi connectivity index (χ0v) is 17.6. The molecule has 2 N–H and O–H groups in total. The predicted molar refractivity (Wildman–Crippen MR) is 117 cm³/mol. The maximum Gasteiger partial charge on any atom is 0.252 e. The lowest BCUT2D eigenvalue weighted by molar-refractivity contribution is -0.118. The minimum absolute atomic E-state index is 0.0632. The van der Waals surface area contributed by atoms with Gasteiger partial charge in [0.25, 0.3) is 5.91 Å². The molecule has 150 valence electrons. The van der Waals surface area contributed by atoms with Gasteiger partial charge >= 0.3 is 0 Å². The summed E-state index contributed by atoms with van der Waals surface area (Å²) in [7, 11) is 0. The predicted octanol–water partition coefficient (Wildman–Crippen LogP) is 4.44. The van der Waals surface area contributed by atoms with Crippen LogP contribution in [0.2, 0.25) is 0 Å². The van der Waals surface area contributed by atoms with Crippen LogP contribution >= 0.6 is 11.3 Å². The molecule has 6 heteroatoms. The van der Waals surface area contributed by atoms with E-state index in [2.05, 4.69) is 27.8 Å². The molecule has 0 fully saturated rings. The van der Waals surface area contributed by atoms with E-state index in [1.807, 2.05) is 57.2 Å². The molecule has 2 amide bonds. The van der Waals surface area contributed by atoms with Crippen molar-refractivity contribution in [1.29, 1.82) is 0 Å². The molecule has 0 radical (unpaired) electrons. The van der Waals surface area contributed by atoms with Crippen LogP contribution in [0, 0.1) is 12.8 Å². The van der Waals surface area contributed by atoms with Crippen molar-refractivity contribution in [2.75, 3.05) is 5.32 Å². The van der Waals surface area contributed by atoms with Gasteiger partial charge in [-0.3, -0.25) is 9.59 Å². The number of amides is 2. The molecule has 0 saturated heterocycles. The lowest BCUT2D eigenvalue weighted by atomic mass is 10.0. The van der Waals surface area contributed by atoms with Crippen molar-refractivity contribution in [1.82, 2.24) is 10.3 Å². The molecule has 2 aromatic carbocycles. The van der Waals surface area contributed by atoms with E-state index in [-0.39, 0.29) is 17.7 Å². The van der Waals surface area contributed by atoms with E-state index < -0.39 is 6.04 Å². The van der Waals surface area contributed by atoms with E-state index in [0.29, 0.717) is 10.7 Å². The van der Waals surface area contributed by atoms with E-state index in [1.165, 1.54) is 16.9 Å². The van der Waals surface area contributed by atoms with Crippen LogP contribution in [-0.4, -0.2) is 22.8 Å². The van der Waals surface area contributed by atoms with Gasteiger partial charge in [-0.25, -0.2) is 4.98 Å². The molecular weight excluding hydrogens is 382 g/mol. The monoisotopic (exact) mass is 407 g/mol. The summed E-state index contributed by atoms with van der Waals surface area (Å²) in [4.78, 5) is 30.8. The standard InChI is InChI=1S/C23H25N3O2S/c1-15(2)20(25-21(27)19-12-8-7-9-16(19)3)22(28)26-23-24-14-18(29-23)13-17-10-5-4-6-11-17/h4-12,14-15,20H,13H2,1-3H3,(H,25,27)(H,24,26,28). The minimum Gasteiger partial charge on any atom is -0.340 e. The van der Waals surface area contributed by atoms with Gasteiger partial charge in [-0.1, -0.05) is 62.4 Å². The van der Waals surface area contributed by atoms with Gasteiger partial charge in [-0.2, -0.15) is 0 Å². The zero-order valence-electron chi connectivity index (χ0n) is 16.8. The Labute approximate surface area is 175 Å². The third kappa shape index (κ3) is 5.51. The molecular formula is C23H25N3O2S. The van der Waals surface area contributed by atoms with E-state index in [0.717, 1.165) is 16.9 Å². The highest BCUT2D eigenvalue weighted by molar-refractivity contribution is 7.15. The number of aromatic nitrogens is 1. The Balaban J connectivity index is 1.66. The molecule has 1 heterocycles. The van der Waals surface area contributed by atoms with Gasteiger partial charge in [0.1, 0.15) is 6.04 Å². The number of nitrogens with one attached hydrogen (secondary N) is 2. The normalized spacial score (nSPS) is 11.9. The maximum absolute atomic E-state index is 12.8. The Morgan fingerprint density at radius 1 is 1.03 bits per heavy atom. The van der Waals surface area contributed by atoms with E-state index in [4.69, 9.17) is 0 Å². The maximum atomic E-state index is 12.8. The highest BCUT2D eigenvalue weighted by Gasteiger charge is 2.26. The Morgan fingerprint density at radius 2 is 1.72 bits per heavy atom. The molecule has 0 bridgehead atoms. The van der Waals surface area contributed by atoms with Crippen LogP contribution in [0.1, 0.15) is 40.2 Å². The van der Waals surface area contributed by atoms with Crippen molar-refractivity contribution in [3.63, 3.8) is 0 Å². The first-order chi connectivity index (χ1) is 13.9.